The zero-order valence-electron chi connectivity index (χ0n) is 9.10. The van der Waals surface area contributed by atoms with Crippen molar-refractivity contribution in [3.63, 3.8) is 0 Å². The summed E-state index contributed by atoms with van der Waals surface area (Å²) in [4.78, 5) is 11.4. The van der Waals surface area contributed by atoms with Crippen LogP contribution in [0.2, 0.25) is 0 Å². The van der Waals surface area contributed by atoms with E-state index in [1.165, 1.54) is 11.8 Å². The Hall–Kier alpha value is -1.11. The number of aromatic nitrogens is 4. The van der Waals surface area contributed by atoms with E-state index < -0.39 is 0 Å². The Labute approximate surface area is 92.8 Å². The van der Waals surface area contributed by atoms with Crippen molar-refractivity contribution >= 4 is 17.7 Å². The summed E-state index contributed by atoms with van der Waals surface area (Å²) in [5.74, 6) is 0.357. The molecule has 1 amide bonds. The molecule has 6 nitrogen and oxygen atoms in total. The molecule has 0 aromatic carbocycles. The Balaban J connectivity index is 2.31. The van der Waals surface area contributed by atoms with Crippen LogP contribution in [0.4, 0.5) is 0 Å². The number of thioether (sulfide) groups is 1. The molecular formula is C8H15N5OS. The van der Waals surface area contributed by atoms with Gasteiger partial charge >= 0.3 is 0 Å². The first kappa shape index (κ1) is 12.0. The number of hydrogen-bond acceptors (Lipinski definition) is 5. The monoisotopic (exact) mass is 229 g/mol. The Morgan fingerprint density at radius 3 is 2.93 bits per heavy atom. The fourth-order valence-corrected chi connectivity index (χ4v) is 1.55. The predicted octanol–water partition coefficient (Wildman–Crippen LogP) is 0.217. The topological polar surface area (TPSA) is 72.7 Å². The number of nitrogens with zero attached hydrogens (tertiary/aromatic N) is 4. The van der Waals surface area contributed by atoms with Crippen LogP contribution in [0.25, 0.3) is 0 Å². The molecule has 1 aromatic heterocycles. The Kier molecular flexibility index (Phi) is 4.54. The van der Waals surface area contributed by atoms with Crippen molar-refractivity contribution in [3.8, 4) is 0 Å². The lowest BCUT2D eigenvalue weighted by molar-refractivity contribution is -0.119. The van der Waals surface area contributed by atoms with Gasteiger partial charge in [-0.3, -0.25) is 4.79 Å². The van der Waals surface area contributed by atoms with Gasteiger partial charge in [0.25, 0.3) is 0 Å². The van der Waals surface area contributed by atoms with E-state index in [0.717, 1.165) is 6.42 Å². The van der Waals surface area contributed by atoms with Gasteiger partial charge in [-0.25, -0.2) is 4.68 Å². The summed E-state index contributed by atoms with van der Waals surface area (Å²) < 4.78 is 1.54. The standard InChI is InChI=1S/C8H15N5OS/c1-4-6(2)9-7(14)5-15-8-10-11-12-13(8)3/h6H,4-5H2,1-3H3,(H,9,14)/t6-/m0/s1. The van der Waals surface area contributed by atoms with Gasteiger partial charge in [0.2, 0.25) is 11.1 Å². The van der Waals surface area contributed by atoms with E-state index in [-0.39, 0.29) is 11.9 Å². The van der Waals surface area contributed by atoms with Gasteiger partial charge < -0.3 is 5.32 Å². The van der Waals surface area contributed by atoms with Crippen molar-refractivity contribution in [1.82, 2.24) is 25.5 Å². The summed E-state index contributed by atoms with van der Waals surface area (Å²) in [6.45, 7) is 4.01. The molecule has 1 rings (SSSR count). The summed E-state index contributed by atoms with van der Waals surface area (Å²) in [6.07, 6.45) is 0.932. The van der Waals surface area contributed by atoms with E-state index in [2.05, 4.69) is 20.8 Å². The molecule has 0 aliphatic carbocycles. The minimum atomic E-state index is 0.0114. The number of aryl methyl sites for hydroxylation is 1. The summed E-state index contributed by atoms with van der Waals surface area (Å²) in [7, 11) is 1.74. The average molecular weight is 229 g/mol. The van der Waals surface area contributed by atoms with Crippen LogP contribution in [0.5, 0.6) is 0 Å². The molecule has 7 heteroatoms. The van der Waals surface area contributed by atoms with E-state index in [1.807, 2.05) is 13.8 Å². The smallest absolute Gasteiger partial charge is 0.230 e. The first-order chi connectivity index (χ1) is 7.13. The molecular weight excluding hydrogens is 214 g/mol. The molecule has 0 saturated carbocycles. The highest BCUT2D eigenvalue weighted by Crippen LogP contribution is 2.11. The molecule has 0 fully saturated rings. The molecule has 0 spiro atoms. The minimum Gasteiger partial charge on any atom is -0.353 e. The molecule has 1 heterocycles. The molecule has 1 N–H and O–H groups in total. The second-order valence-electron chi connectivity index (χ2n) is 3.25. The maximum atomic E-state index is 11.4. The lowest BCUT2D eigenvalue weighted by Gasteiger charge is -2.10. The zero-order chi connectivity index (χ0) is 11.3. The molecule has 0 saturated heterocycles. The largest absolute Gasteiger partial charge is 0.353 e. The molecule has 1 aromatic rings. The van der Waals surface area contributed by atoms with Crippen LogP contribution in [0.3, 0.4) is 0 Å². The number of carbonyl (C=O) groups excluding carboxylic acids is 1. The van der Waals surface area contributed by atoms with Gasteiger partial charge in [0, 0.05) is 13.1 Å². The second-order valence-corrected chi connectivity index (χ2v) is 4.19. The lowest BCUT2D eigenvalue weighted by atomic mass is 10.3. The zero-order valence-corrected chi connectivity index (χ0v) is 9.91. The molecule has 0 bridgehead atoms. The third-order valence-electron chi connectivity index (χ3n) is 1.93. The molecule has 84 valence electrons. The van der Waals surface area contributed by atoms with Crippen molar-refractivity contribution in [2.45, 2.75) is 31.5 Å². The van der Waals surface area contributed by atoms with Crippen molar-refractivity contribution < 1.29 is 4.79 Å². The SMILES string of the molecule is CC[C@H](C)NC(=O)CSc1nnnn1C. The van der Waals surface area contributed by atoms with Crippen LogP contribution in [-0.4, -0.2) is 37.9 Å². The Morgan fingerprint density at radius 1 is 1.67 bits per heavy atom. The van der Waals surface area contributed by atoms with E-state index in [1.54, 1.807) is 11.7 Å². The molecule has 0 unspecified atom stereocenters. The predicted molar refractivity (Wildman–Crippen MR) is 57.4 cm³/mol. The van der Waals surface area contributed by atoms with Crippen LogP contribution < -0.4 is 5.32 Å². The Bertz CT molecular complexity index is 327. The number of carbonyl (C=O) groups is 1. The summed E-state index contributed by atoms with van der Waals surface area (Å²) in [5.41, 5.74) is 0. The first-order valence-corrected chi connectivity index (χ1v) is 5.76. The minimum absolute atomic E-state index is 0.0114. The fourth-order valence-electron chi connectivity index (χ4n) is 0.892. The lowest BCUT2D eigenvalue weighted by Crippen LogP contribution is -2.33. The van der Waals surface area contributed by atoms with Gasteiger partial charge in [-0.15, -0.1) is 5.10 Å². The maximum Gasteiger partial charge on any atom is 0.230 e. The van der Waals surface area contributed by atoms with Crippen molar-refractivity contribution in [3.05, 3.63) is 0 Å². The van der Waals surface area contributed by atoms with E-state index in [4.69, 9.17) is 0 Å². The van der Waals surface area contributed by atoms with Gasteiger partial charge in [-0.2, -0.15) is 0 Å². The summed E-state index contributed by atoms with van der Waals surface area (Å²) in [5, 5.41) is 14.5. The normalized spacial score (nSPS) is 12.5. The highest BCUT2D eigenvalue weighted by atomic mass is 32.2. The van der Waals surface area contributed by atoms with E-state index >= 15 is 0 Å². The van der Waals surface area contributed by atoms with Crippen molar-refractivity contribution in [1.29, 1.82) is 0 Å². The van der Waals surface area contributed by atoms with Crippen LogP contribution in [0.15, 0.2) is 5.16 Å². The molecule has 0 aliphatic rings. The van der Waals surface area contributed by atoms with Crippen LogP contribution in [-0.2, 0) is 11.8 Å². The van der Waals surface area contributed by atoms with Crippen LogP contribution in [0, 0.1) is 0 Å². The number of rotatable bonds is 5. The second kappa shape index (κ2) is 5.69. The first-order valence-electron chi connectivity index (χ1n) is 4.78. The fraction of sp³-hybridized carbons (Fsp3) is 0.750. The van der Waals surface area contributed by atoms with Gasteiger partial charge in [0.1, 0.15) is 0 Å². The number of hydrogen-bond donors (Lipinski definition) is 1. The number of tetrazole rings is 1. The van der Waals surface area contributed by atoms with E-state index in [9.17, 15) is 4.79 Å². The molecule has 0 aliphatic heterocycles. The molecule has 15 heavy (non-hydrogen) atoms. The van der Waals surface area contributed by atoms with Gasteiger partial charge in [-0.05, 0) is 23.8 Å². The van der Waals surface area contributed by atoms with Crippen LogP contribution >= 0.6 is 11.8 Å². The van der Waals surface area contributed by atoms with E-state index in [0.29, 0.717) is 10.9 Å². The quantitative estimate of drug-likeness (QED) is 0.731. The third kappa shape index (κ3) is 3.86. The van der Waals surface area contributed by atoms with Gasteiger partial charge in [0.05, 0.1) is 5.75 Å². The summed E-state index contributed by atoms with van der Waals surface area (Å²) in [6, 6.07) is 0.218. The summed E-state index contributed by atoms with van der Waals surface area (Å²) >= 11 is 1.33. The third-order valence-corrected chi connectivity index (χ3v) is 2.94. The van der Waals surface area contributed by atoms with Crippen molar-refractivity contribution in [2.24, 2.45) is 7.05 Å². The number of amides is 1. The molecule has 0 radical (unpaired) electrons. The van der Waals surface area contributed by atoms with Gasteiger partial charge in [-0.1, -0.05) is 18.7 Å². The van der Waals surface area contributed by atoms with Crippen molar-refractivity contribution in [2.75, 3.05) is 5.75 Å². The molecule has 1 atom stereocenters. The highest BCUT2D eigenvalue weighted by molar-refractivity contribution is 7.99. The maximum absolute atomic E-state index is 11.4. The van der Waals surface area contributed by atoms with Crippen LogP contribution in [0.1, 0.15) is 20.3 Å². The highest BCUT2D eigenvalue weighted by Gasteiger charge is 2.09. The average Bonchev–Trinajstić information content (AvgIpc) is 2.61. The van der Waals surface area contributed by atoms with Gasteiger partial charge in [0.15, 0.2) is 0 Å². The Morgan fingerprint density at radius 2 is 2.40 bits per heavy atom. The number of nitrogens with one attached hydrogen (secondary N) is 1.